The van der Waals surface area contributed by atoms with E-state index < -0.39 is 0 Å². The maximum atomic E-state index is 12.1. The molecule has 2 aromatic rings. The highest BCUT2D eigenvalue weighted by Gasteiger charge is 2.24. The zero-order valence-corrected chi connectivity index (χ0v) is 12.4. The van der Waals surface area contributed by atoms with Gasteiger partial charge in [-0.3, -0.25) is 4.79 Å². The second-order valence-corrected chi connectivity index (χ2v) is 6.11. The Morgan fingerprint density at radius 1 is 1.55 bits per heavy atom. The molecule has 1 saturated carbocycles. The highest BCUT2D eigenvalue weighted by atomic mass is 35.5. The first-order chi connectivity index (χ1) is 9.56. The molecule has 1 fully saturated rings. The minimum Gasteiger partial charge on any atom is -0.352 e. The molecule has 1 aromatic carbocycles. The Bertz CT molecular complexity index is 658. The summed E-state index contributed by atoms with van der Waals surface area (Å²) < 4.78 is 1.93. The van der Waals surface area contributed by atoms with Gasteiger partial charge in [-0.1, -0.05) is 12.1 Å². The number of carbonyl (C=O) groups excluding carboxylic acids is 1. The largest absolute Gasteiger partial charge is 0.352 e. The Kier molecular flexibility index (Phi) is 3.42. The number of nitrogens with one attached hydrogen (secondary N) is 1. The van der Waals surface area contributed by atoms with Crippen LogP contribution in [-0.4, -0.2) is 21.5 Å². The number of carbonyl (C=O) groups is 1. The van der Waals surface area contributed by atoms with E-state index in [-0.39, 0.29) is 17.8 Å². The fourth-order valence-corrected chi connectivity index (χ4v) is 2.59. The first-order valence-corrected chi connectivity index (χ1v) is 7.39. The van der Waals surface area contributed by atoms with Crippen LogP contribution in [0.5, 0.6) is 0 Å². The fraction of sp³-hybridized carbons (Fsp3) is 0.467. The van der Waals surface area contributed by atoms with Crippen molar-refractivity contribution in [3.05, 3.63) is 29.6 Å². The van der Waals surface area contributed by atoms with Gasteiger partial charge in [-0.15, -0.1) is 11.6 Å². The van der Waals surface area contributed by atoms with Crippen molar-refractivity contribution in [2.45, 2.75) is 44.7 Å². The molecule has 1 aromatic heterocycles. The topological polar surface area (TPSA) is 46.9 Å². The second kappa shape index (κ2) is 5.09. The molecule has 4 nitrogen and oxygen atoms in total. The van der Waals surface area contributed by atoms with E-state index in [1.807, 2.05) is 36.6 Å². The van der Waals surface area contributed by atoms with Crippen LogP contribution in [0.15, 0.2) is 18.2 Å². The van der Waals surface area contributed by atoms with Gasteiger partial charge < -0.3 is 9.88 Å². The zero-order chi connectivity index (χ0) is 14.3. The summed E-state index contributed by atoms with van der Waals surface area (Å²) in [5.41, 5.74) is 3.00. The van der Waals surface area contributed by atoms with Gasteiger partial charge in [-0.2, -0.15) is 0 Å². The standard InChI is InChI=1S/C15H18ClN3O/c1-9-4-3-5-12-14(9)18-15(10(2)16)19(12)8-13(20)17-11-6-7-11/h3-5,10-11H,6-8H2,1-2H3,(H,17,20). The average Bonchev–Trinajstić information content (AvgIpc) is 3.11. The summed E-state index contributed by atoms with van der Waals surface area (Å²) in [4.78, 5) is 16.7. The number of amides is 1. The number of fused-ring (bicyclic) bond motifs is 1. The minimum atomic E-state index is -0.226. The Morgan fingerprint density at radius 3 is 2.95 bits per heavy atom. The third kappa shape index (κ3) is 2.52. The summed E-state index contributed by atoms with van der Waals surface area (Å²) in [6.45, 7) is 4.18. The number of alkyl halides is 1. The predicted octanol–water partition coefficient (Wildman–Crippen LogP) is 2.92. The molecule has 0 aliphatic heterocycles. The van der Waals surface area contributed by atoms with Gasteiger partial charge in [0.25, 0.3) is 0 Å². The van der Waals surface area contributed by atoms with E-state index in [4.69, 9.17) is 11.6 Å². The van der Waals surface area contributed by atoms with Gasteiger partial charge in [0.2, 0.25) is 5.91 Å². The van der Waals surface area contributed by atoms with Crippen molar-refractivity contribution in [2.75, 3.05) is 0 Å². The van der Waals surface area contributed by atoms with Crippen molar-refractivity contribution < 1.29 is 4.79 Å². The molecule has 1 aliphatic rings. The van der Waals surface area contributed by atoms with E-state index in [1.54, 1.807) is 0 Å². The van der Waals surface area contributed by atoms with E-state index in [9.17, 15) is 4.79 Å². The van der Waals surface area contributed by atoms with E-state index in [0.29, 0.717) is 6.04 Å². The van der Waals surface area contributed by atoms with Gasteiger partial charge >= 0.3 is 0 Å². The molecule has 3 rings (SSSR count). The monoisotopic (exact) mass is 291 g/mol. The van der Waals surface area contributed by atoms with E-state index in [0.717, 1.165) is 35.3 Å². The van der Waals surface area contributed by atoms with Crippen LogP contribution >= 0.6 is 11.6 Å². The van der Waals surface area contributed by atoms with Crippen molar-refractivity contribution in [2.24, 2.45) is 0 Å². The first kappa shape index (κ1) is 13.4. The van der Waals surface area contributed by atoms with Crippen LogP contribution in [0.4, 0.5) is 0 Å². The lowest BCUT2D eigenvalue weighted by Gasteiger charge is -2.10. The van der Waals surface area contributed by atoms with Crippen LogP contribution in [0.1, 0.15) is 36.5 Å². The van der Waals surface area contributed by atoms with Crippen molar-refractivity contribution in [3.8, 4) is 0 Å². The molecule has 0 radical (unpaired) electrons. The fourth-order valence-electron chi connectivity index (χ4n) is 2.42. The lowest BCUT2D eigenvalue weighted by molar-refractivity contribution is -0.121. The SMILES string of the molecule is Cc1cccc2c1nc(C(C)Cl)n2CC(=O)NC1CC1. The summed E-state index contributed by atoms with van der Waals surface area (Å²) in [7, 11) is 0. The van der Waals surface area contributed by atoms with Crippen LogP contribution in [-0.2, 0) is 11.3 Å². The average molecular weight is 292 g/mol. The molecule has 106 valence electrons. The molecule has 1 unspecified atom stereocenters. The van der Waals surface area contributed by atoms with Gasteiger partial charge in [0, 0.05) is 6.04 Å². The quantitative estimate of drug-likeness (QED) is 0.881. The number of para-hydroxylation sites is 1. The molecule has 0 spiro atoms. The Morgan fingerprint density at radius 2 is 2.30 bits per heavy atom. The van der Waals surface area contributed by atoms with E-state index >= 15 is 0 Å². The first-order valence-electron chi connectivity index (χ1n) is 6.95. The molecule has 20 heavy (non-hydrogen) atoms. The number of aromatic nitrogens is 2. The van der Waals surface area contributed by atoms with Gasteiger partial charge in [0.15, 0.2) is 0 Å². The number of nitrogens with zero attached hydrogens (tertiary/aromatic N) is 2. The maximum absolute atomic E-state index is 12.1. The highest BCUT2D eigenvalue weighted by Crippen LogP contribution is 2.26. The van der Waals surface area contributed by atoms with E-state index in [1.165, 1.54) is 0 Å². The number of benzene rings is 1. The second-order valence-electron chi connectivity index (χ2n) is 5.46. The molecular weight excluding hydrogens is 274 g/mol. The number of halogens is 1. The maximum Gasteiger partial charge on any atom is 0.240 e. The Labute approximate surface area is 123 Å². The van der Waals surface area contributed by atoms with Gasteiger partial charge in [0.05, 0.1) is 16.4 Å². The van der Waals surface area contributed by atoms with E-state index in [2.05, 4.69) is 10.3 Å². The number of rotatable bonds is 4. The molecule has 1 heterocycles. The molecular formula is C15H18ClN3O. The Balaban J connectivity index is 1.99. The summed E-state index contributed by atoms with van der Waals surface area (Å²) >= 11 is 6.22. The zero-order valence-electron chi connectivity index (χ0n) is 11.7. The van der Waals surface area contributed by atoms with Crippen molar-refractivity contribution in [3.63, 3.8) is 0 Å². The molecule has 0 saturated heterocycles. The summed E-state index contributed by atoms with van der Waals surface area (Å²) in [5, 5.41) is 2.78. The van der Waals surface area contributed by atoms with Crippen LogP contribution in [0.2, 0.25) is 0 Å². The Hall–Kier alpha value is -1.55. The molecule has 0 bridgehead atoms. The van der Waals surface area contributed by atoms with Crippen molar-refractivity contribution in [1.82, 2.24) is 14.9 Å². The smallest absolute Gasteiger partial charge is 0.240 e. The predicted molar refractivity (Wildman–Crippen MR) is 79.9 cm³/mol. The van der Waals surface area contributed by atoms with Gasteiger partial charge in [0.1, 0.15) is 12.4 Å². The minimum absolute atomic E-state index is 0.0341. The van der Waals surface area contributed by atoms with Gasteiger partial charge in [-0.25, -0.2) is 4.98 Å². The summed E-state index contributed by atoms with van der Waals surface area (Å²) in [6.07, 6.45) is 2.18. The number of aryl methyl sites for hydroxylation is 1. The summed E-state index contributed by atoms with van der Waals surface area (Å²) in [5.74, 6) is 0.786. The molecule has 1 N–H and O–H groups in total. The van der Waals surface area contributed by atoms with Crippen molar-refractivity contribution in [1.29, 1.82) is 0 Å². The lowest BCUT2D eigenvalue weighted by atomic mass is 10.2. The third-order valence-corrected chi connectivity index (χ3v) is 3.81. The molecule has 1 aliphatic carbocycles. The van der Waals surface area contributed by atoms with Crippen LogP contribution in [0.25, 0.3) is 11.0 Å². The number of imidazole rings is 1. The third-order valence-electron chi connectivity index (χ3n) is 3.61. The number of hydrogen-bond donors (Lipinski definition) is 1. The molecule has 5 heteroatoms. The molecule has 1 amide bonds. The normalized spacial score (nSPS) is 16.4. The summed E-state index contributed by atoms with van der Waals surface area (Å²) in [6, 6.07) is 6.36. The van der Waals surface area contributed by atoms with Crippen LogP contribution in [0.3, 0.4) is 0 Å². The van der Waals surface area contributed by atoms with Gasteiger partial charge in [-0.05, 0) is 38.3 Å². The lowest BCUT2D eigenvalue weighted by Crippen LogP contribution is -2.29. The van der Waals surface area contributed by atoms with Crippen LogP contribution < -0.4 is 5.32 Å². The number of hydrogen-bond acceptors (Lipinski definition) is 2. The van der Waals surface area contributed by atoms with Crippen LogP contribution in [0, 0.1) is 6.92 Å². The highest BCUT2D eigenvalue weighted by molar-refractivity contribution is 6.20. The van der Waals surface area contributed by atoms with Crippen molar-refractivity contribution >= 4 is 28.5 Å². The molecule has 1 atom stereocenters.